The fourth-order valence-electron chi connectivity index (χ4n) is 4.93. The van der Waals surface area contributed by atoms with Gasteiger partial charge >= 0.3 is 12.1 Å². The van der Waals surface area contributed by atoms with Crippen molar-refractivity contribution < 1.29 is 19.1 Å². The van der Waals surface area contributed by atoms with Crippen LogP contribution in [0, 0.1) is 11.3 Å². The summed E-state index contributed by atoms with van der Waals surface area (Å²) >= 11 is 0. The van der Waals surface area contributed by atoms with Gasteiger partial charge in [-0.25, -0.2) is 4.79 Å². The van der Waals surface area contributed by atoms with Crippen LogP contribution in [0.5, 0.6) is 0 Å². The topological polar surface area (TPSA) is 64.6 Å². The number of nitrogens with one attached hydrogen (secondary N) is 1. The largest absolute Gasteiger partial charge is 0.465 e. The van der Waals surface area contributed by atoms with E-state index in [1.54, 1.807) is 0 Å². The molecule has 3 unspecified atom stereocenters. The molecular weight excluding hydrogens is 534 g/mol. The van der Waals surface area contributed by atoms with Crippen molar-refractivity contribution in [3.05, 3.63) is 103 Å². The zero-order valence-corrected chi connectivity index (χ0v) is 27.3. The molecule has 0 aliphatic carbocycles. The smallest absolute Gasteiger partial charge is 0.407 e. The van der Waals surface area contributed by atoms with E-state index in [1.165, 1.54) is 5.56 Å². The lowest BCUT2D eigenvalue weighted by molar-refractivity contribution is -0.156. The van der Waals surface area contributed by atoms with Gasteiger partial charge in [0.2, 0.25) is 0 Å². The maximum atomic E-state index is 13.3. The third kappa shape index (κ3) is 11.9. The molecule has 5 nitrogen and oxygen atoms in total. The van der Waals surface area contributed by atoms with E-state index in [-0.39, 0.29) is 25.1 Å². The van der Waals surface area contributed by atoms with Crippen molar-refractivity contribution in [3.63, 3.8) is 0 Å². The highest BCUT2D eigenvalue weighted by atomic mass is 16.6. The molecule has 0 aliphatic rings. The highest BCUT2D eigenvalue weighted by Crippen LogP contribution is 2.38. The van der Waals surface area contributed by atoms with E-state index in [4.69, 9.17) is 9.47 Å². The van der Waals surface area contributed by atoms with Gasteiger partial charge in [-0.1, -0.05) is 92.8 Å². The maximum Gasteiger partial charge on any atom is 0.407 e. The van der Waals surface area contributed by atoms with Gasteiger partial charge in [-0.3, -0.25) is 4.79 Å². The minimum atomic E-state index is -0.619. The van der Waals surface area contributed by atoms with Gasteiger partial charge < -0.3 is 14.8 Å². The predicted octanol–water partition coefficient (Wildman–Crippen LogP) is 9.75. The molecule has 2 aromatic rings. The summed E-state index contributed by atoms with van der Waals surface area (Å²) in [4.78, 5) is 25.8. The predicted molar refractivity (Wildman–Crippen MR) is 179 cm³/mol. The molecule has 0 radical (unpaired) electrons. The fraction of sp³-hybridized carbons (Fsp3) is 0.474. The molecule has 1 amide bonds. The van der Waals surface area contributed by atoms with Crippen molar-refractivity contribution in [3.8, 4) is 0 Å². The van der Waals surface area contributed by atoms with Gasteiger partial charge in [-0.15, -0.1) is 6.58 Å². The number of amides is 1. The molecule has 0 spiro atoms. The molecule has 0 saturated heterocycles. The Hall–Kier alpha value is -3.60. The molecule has 234 valence electrons. The van der Waals surface area contributed by atoms with Crippen LogP contribution in [-0.2, 0) is 19.8 Å². The Morgan fingerprint density at radius 3 is 2.35 bits per heavy atom. The molecule has 0 aliphatic heterocycles. The normalized spacial score (nSPS) is 14.4. The van der Waals surface area contributed by atoms with Crippen LogP contribution in [-0.4, -0.2) is 25.3 Å². The number of carbonyl (C=O) groups is 2. The van der Waals surface area contributed by atoms with Crippen molar-refractivity contribution >= 4 is 17.6 Å². The van der Waals surface area contributed by atoms with E-state index in [0.29, 0.717) is 25.2 Å². The molecule has 0 fully saturated rings. The molecule has 0 saturated carbocycles. The molecule has 0 heterocycles. The van der Waals surface area contributed by atoms with Crippen molar-refractivity contribution in [1.82, 2.24) is 5.32 Å². The van der Waals surface area contributed by atoms with Crippen molar-refractivity contribution in [2.24, 2.45) is 11.3 Å². The van der Waals surface area contributed by atoms with Gasteiger partial charge in [0.25, 0.3) is 0 Å². The zero-order chi connectivity index (χ0) is 31.9. The fourth-order valence-corrected chi connectivity index (χ4v) is 4.93. The van der Waals surface area contributed by atoms with Crippen molar-refractivity contribution in [2.45, 2.75) is 91.5 Å². The first-order valence-corrected chi connectivity index (χ1v) is 15.6. The summed E-state index contributed by atoms with van der Waals surface area (Å²) in [6, 6.07) is 18.4. The highest BCUT2D eigenvalue weighted by molar-refractivity contribution is 5.76. The van der Waals surface area contributed by atoms with Gasteiger partial charge in [0.15, 0.2) is 0 Å². The van der Waals surface area contributed by atoms with E-state index in [2.05, 4.69) is 61.8 Å². The first-order valence-electron chi connectivity index (χ1n) is 15.6. The van der Waals surface area contributed by atoms with Gasteiger partial charge in [0.1, 0.15) is 0 Å². The lowest BCUT2D eigenvalue weighted by atomic mass is 9.75. The summed E-state index contributed by atoms with van der Waals surface area (Å²) in [6.45, 7) is 20.3. The van der Waals surface area contributed by atoms with E-state index < -0.39 is 17.0 Å². The standard InChI is InChI=1S/C38H53NO4/c1-9-30(5)19-13-11-16-22-33(31-20-14-12-15-21-31)28-38(8,10-2)35(40)42-25-18-26-43-36(41)39-37(6,7)34-24-17-23-32(27-34)29(3)4/h9,11-12,14-17,20-21,23-24,27,30,33H,1,3,10,13,18-19,22,25-26,28H2,2,4-8H3,(H,39,41). The molecule has 1 N–H and O–H groups in total. The quantitative estimate of drug-likeness (QED) is 0.107. The average molecular weight is 588 g/mol. The van der Waals surface area contributed by atoms with Gasteiger partial charge in [-0.2, -0.15) is 0 Å². The number of allylic oxidation sites excluding steroid dienone is 4. The minimum Gasteiger partial charge on any atom is -0.465 e. The zero-order valence-electron chi connectivity index (χ0n) is 27.3. The Kier molecular flexibility index (Phi) is 14.5. The minimum absolute atomic E-state index is 0.158. The number of esters is 1. The van der Waals surface area contributed by atoms with E-state index in [1.807, 2.05) is 71.0 Å². The first-order chi connectivity index (χ1) is 20.4. The third-order valence-electron chi connectivity index (χ3n) is 8.27. The average Bonchev–Trinajstić information content (AvgIpc) is 2.99. The third-order valence-corrected chi connectivity index (χ3v) is 8.27. The summed E-state index contributed by atoms with van der Waals surface area (Å²) in [6.07, 6.45) is 10.7. The summed E-state index contributed by atoms with van der Waals surface area (Å²) < 4.78 is 11.1. The Labute approximate surface area is 260 Å². The lowest BCUT2D eigenvalue weighted by Gasteiger charge is -2.30. The monoisotopic (exact) mass is 587 g/mol. The molecule has 2 rings (SSSR count). The number of carbonyl (C=O) groups excluding carboxylic acids is 2. The number of rotatable bonds is 18. The molecule has 0 aromatic heterocycles. The lowest BCUT2D eigenvalue weighted by Crippen LogP contribution is -2.41. The summed E-state index contributed by atoms with van der Waals surface area (Å²) in [5.74, 6) is 0.505. The van der Waals surface area contributed by atoms with Crippen LogP contribution in [0.3, 0.4) is 0 Å². The van der Waals surface area contributed by atoms with E-state index in [0.717, 1.165) is 36.0 Å². The number of alkyl carbamates (subject to hydrolysis) is 1. The van der Waals surface area contributed by atoms with Crippen LogP contribution >= 0.6 is 0 Å². The Balaban J connectivity index is 1.88. The molecule has 43 heavy (non-hydrogen) atoms. The second kappa shape index (κ2) is 17.5. The number of benzene rings is 2. The second-order valence-electron chi connectivity index (χ2n) is 12.5. The molecule has 2 aromatic carbocycles. The van der Waals surface area contributed by atoms with Crippen LogP contribution < -0.4 is 5.32 Å². The van der Waals surface area contributed by atoms with Crippen LogP contribution in [0.15, 0.2) is 86.0 Å². The van der Waals surface area contributed by atoms with Gasteiger partial charge in [0, 0.05) is 6.42 Å². The number of ether oxygens (including phenoxy) is 2. The maximum absolute atomic E-state index is 13.3. The van der Waals surface area contributed by atoms with E-state index >= 15 is 0 Å². The molecule has 0 bridgehead atoms. The van der Waals surface area contributed by atoms with E-state index in [9.17, 15) is 9.59 Å². The second-order valence-corrected chi connectivity index (χ2v) is 12.5. The van der Waals surface area contributed by atoms with Crippen LogP contribution in [0.4, 0.5) is 4.79 Å². The van der Waals surface area contributed by atoms with Crippen LogP contribution in [0.2, 0.25) is 0 Å². The molecule has 3 atom stereocenters. The molecular formula is C38H53NO4. The first kappa shape index (κ1) is 35.6. The van der Waals surface area contributed by atoms with Crippen LogP contribution in [0.25, 0.3) is 5.57 Å². The summed E-state index contributed by atoms with van der Waals surface area (Å²) in [5.41, 5.74) is 2.95. The van der Waals surface area contributed by atoms with Crippen molar-refractivity contribution in [2.75, 3.05) is 13.2 Å². The summed E-state index contributed by atoms with van der Waals surface area (Å²) in [7, 11) is 0. The van der Waals surface area contributed by atoms with Crippen LogP contribution in [0.1, 0.15) is 103 Å². The van der Waals surface area contributed by atoms with Crippen molar-refractivity contribution in [1.29, 1.82) is 0 Å². The number of hydrogen-bond donors (Lipinski definition) is 1. The Morgan fingerprint density at radius 2 is 1.70 bits per heavy atom. The number of hydrogen-bond acceptors (Lipinski definition) is 4. The van der Waals surface area contributed by atoms with Gasteiger partial charge in [0.05, 0.1) is 24.2 Å². The van der Waals surface area contributed by atoms with Gasteiger partial charge in [-0.05, 0) is 94.4 Å². The highest BCUT2D eigenvalue weighted by Gasteiger charge is 2.36. The summed E-state index contributed by atoms with van der Waals surface area (Å²) in [5, 5.41) is 2.93. The SMILES string of the molecule is C=CC(C)CCC=CCC(CC(C)(CC)C(=O)OCCCOC(=O)NC(C)(C)c1cccc(C(=C)C)c1)c1ccccc1. The Bertz CT molecular complexity index is 1220. The molecule has 5 heteroatoms. The Morgan fingerprint density at radius 1 is 1.00 bits per heavy atom.